The standard InChI is InChI=1S/C17H22N4O4/c1-11(22)21-6-4-20(5-7-21)10-16-18-13-9-15(25-3)14(24-2)8-12(13)17(23)19-16/h8-9H,4-7,10H2,1-3H3,(H,18,19,23)/p+1. The molecular formula is C17H23N4O4+. The number of rotatable bonds is 4. The summed E-state index contributed by atoms with van der Waals surface area (Å²) < 4.78 is 10.5. The normalized spacial score (nSPS) is 15.4. The van der Waals surface area contributed by atoms with E-state index in [0.717, 1.165) is 26.2 Å². The van der Waals surface area contributed by atoms with Gasteiger partial charge in [0.1, 0.15) is 6.54 Å². The molecule has 1 aliphatic rings. The zero-order valence-electron chi connectivity index (χ0n) is 14.7. The lowest BCUT2D eigenvalue weighted by molar-refractivity contribution is -0.918. The molecule has 0 spiro atoms. The molecule has 8 heteroatoms. The molecule has 1 aromatic heterocycles. The molecule has 0 aliphatic carbocycles. The predicted octanol–water partition coefficient (Wildman–Crippen LogP) is -0.813. The van der Waals surface area contributed by atoms with E-state index in [2.05, 4.69) is 9.97 Å². The number of benzene rings is 1. The van der Waals surface area contributed by atoms with Crippen molar-refractivity contribution in [3.05, 3.63) is 28.3 Å². The van der Waals surface area contributed by atoms with Gasteiger partial charge in [0.25, 0.3) is 5.56 Å². The molecule has 134 valence electrons. The number of piperazine rings is 1. The smallest absolute Gasteiger partial charge is 0.259 e. The maximum absolute atomic E-state index is 12.4. The fourth-order valence-electron chi connectivity index (χ4n) is 3.15. The van der Waals surface area contributed by atoms with Gasteiger partial charge in [-0.2, -0.15) is 0 Å². The summed E-state index contributed by atoms with van der Waals surface area (Å²) in [5.74, 6) is 1.79. The minimum Gasteiger partial charge on any atom is -0.493 e. The van der Waals surface area contributed by atoms with Crippen molar-refractivity contribution >= 4 is 16.8 Å². The number of amides is 1. The van der Waals surface area contributed by atoms with Gasteiger partial charge in [0.2, 0.25) is 5.91 Å². The molecule has 0 saturated carbocycles. The summed E-state index contributed by atoms with van der Waals surface area (Å²) >= 11 is 0. The number of quaternary nitrogens is 1. The number of aromatic nitrogens is 2. The van der Waals surface area contributed by atoms with Crippen molar-refractivity contribution in [3.63, 3.8) is 0 Å². The lowest BCUT2D eigenvalue weighted by Crippen LogP contribution is -3.13. The maximum Gasteiger partial charge on any atom is 0.259 e. The van der Waals surface area contributed by atoms with Crippen molar-refractivity contribution in [2.24, 2.45) is 0 Å². The Kier molecular flexibility index (Phi) is 4.89. The number of nitrogens with one attached hydrogen (secondary N) is 2. The number of hydrogen-bond acceptors (Lipinski definition) is 5. The molecule has 25 heavy (non-hydrogen) atoms. The third kappa shape index (κ3) is 3.58. The van der Waals surface area contributed by atoms with Crippen LogP contribution < -0.4 is 19.9 Å². The number of nitrogens with zero attached hydrogens (tertiary/aromatic N) is 2. The van der Waals surface area contributed by atoms with E-state index >= 15 is 0 Å². The number of hydrogen-bond donors (Lipinski definition) is 2. The molecule has 1 aromatic carbocycles. The second-order valence-corrected chi connectivity index (χ2v) is 6.17. The van der Waals surface area contributed by atoms with Crippen LogP contribution in [0.1, 0.15) is 12.7 Å². The number of ether oxygens (including phenoxy) is 2. The highest BCUT2D eigenvalue weighted by Crippen LogP contribution is 2.29. The number of carbonyl (C=O) groups excluding carboxylic acids is 1. The van der Waals surface area contributed by atoms with Crippen LogP contribution in [0, 0.1) is 0 Å². The number of methoxy groups -OCH3 is 2. The topological polar surface area (TPSA) is 89.0 Å². The third-order valence-electron chi connectivity index (χ3n) is 4.59. The predicted molar refractivity (Wildman–Crippen MR) is 92.1 cm³/mol. The van der Waals surface area contributed by atoms with Crippen LogP contribution in [-0.2, 0) is 11.3 Å². The highest BCUT2D eigenvalue weighted by atomic mass is 16.5. The summed E-state index contributed by atoms with van der Waals surface area (Å²) in [7, 11) is 3.08. The van der Waals surface area contributed by atoms with Crippen LogP contribution in [0.3, 0.4) is 0 Å². The Morgan fingerprint density at radius 1 is 1.24 bits per heavy atom. The van der Waals surface area contributed by atoms with Crippen molar-refractivity contribution in [1.82, 2.24) is 14.9 Å². The SMILES string of the molecule is COc1cc2nc(C[NH+]3CCN(C(C)=O)CC3)[nH]c(=O)c2cc1OC. The fraction of sp³-hybridized carbons (Fsp3) is 0.471. The largest absolute Gasteiger partial charge is 0.493 e. The van der Waals surface area contributed by atoms with Crippen LogP contribution in [0.15, 0.2) is 16.9 Å². The molecule has 0 atom stereocenters. The average molecular weight is 347 g/mol. The summed E-state index contributed by atoms with van der Waals surface area (Å²) in [4.78, 5) is 34.4. The minimum absolute atomic E-state index is 0.109. The number of carbonyl (C=O) groups is 1. The van der Waals surface area contributed by atoms with Crippen molar-refractivity contribution in [2.75, 3.05) is 40.4 Å². The van der Waals surface area contributed by atoms with Gasteiger partial charge in [-0.3, -0.25) is 9.59 Å². The van der Waals surface area contributed by atoms with Gasteiger partial charge in [-0.25, -0.2) is 4.98 Å². The van der Waals surface area contributed by atoms with E-state index in [4.69, 9.17) is 9.47 Å². The number of H-pyrrole nitrogens is 1. The summed E-state index contributed by atoms with van der Waals surface area (Å²) in [6, 6.07) is 3.36. The molecule has 0 bridgehead atoms. The first-order valence-corrected chi connectivity index (χ1v) is 8.26. The summed E-state index contributed by atoms with van der Waals surface area (Å²) in [5, 5.41) is 0.470. The molecule has 1 aliphatic heterocycles. The van der Waals surface area contributed by atoms with Crippen LogP contribution >= 0.6 is 0 Å². The fourth-order valence-corrected chi connectivity index (χ4v) is 3.15. The van der Waals surface area contributed by atoms with E-state index in [1.807, 2.05) is 4.90 Å². The van der Waals surface area contributed by atoms with Crippen LogP contribution in [0.2, 0.25) is 0 Å². The Hall–Kier alpha value is -2.61. The molecule has 0 unspecified atom stereocenters. The first-order chi connectivity index (χ1) is 12.0. The molecule has 0 radical (unpaired) electrons. The van der Waals surface area contributed by atoms with E-state index in [-0.39, 0.29) is 11.5 Å². The zero-order valence-corrected chi connectivity index (χ0v) is 14.7. The van der Waals surface area contributed by atoms with Crippen LogP contribution in [0.25, 0.3) is 10.9 Å². The van der Waals surface area contributed by atoms with Crippen molar-refractivity contribution < 1.29 is 19.2 Å². The molecule has 1 amide bonds. The lowest BCUT2D eigenvalue weighted by atomic mass is 10.2. The second-order valence-electron chi connectivity index (χ2n) is 6.17. The van der Waals surface area contributed by atoms with Gasteiger partial charge in [0, 0.05) is 13.0 Å². The van der Waals surface area contributed by atoms with Gasteiger partial charge in [-0.05, 0) is 6.07 Å². The van der Waals surface area contributed by atoms with Crippen LogP contribution in [-0.4, -0.2) is 61.2 Å². The quantitative estimate of drug-likeness (QED) is 0.755. The maximum atomic E-state index is 12.4. The first-order valence-electron chi connectivity index (χ1n) is 8.26. The number of aromatic amines is 1. The molecule has 2 N–H and O–H groups in total. The van der Waals surface area contributed by atoms with E-state index in [0.29, 0.717) is 34.8 Å². The van der Waals surface area contributed by atoms with Crippen LogP contribution in [0.5, 0.6) is 11.5 Å². The minimum atomic E-state index is -0.192. The average Bonchev–Trinajstić information content (AvgIpc) is 2.61. The molecule has 2 aromatic rings. The van der Waals surface area contributed by atoms with Gasteiger partial charge in [-0.15, -0.1) is 0 Å². The second kappa shape index (κ2) is 7.10. The highest BCUT2D eigenvalue weighted by molar-refractivity contribution is 5.81. The van der Waals surface area contributed by atoms with E-state index in [1.54, 1.807) is 26.2 Å². The van der Waals surface area contributed by atoms with Crippen molar-refractivity contribution in [2.45, 2.75) is 13.5 Å². The zero-order chi connectivity index (χ0) is 18.0. The van der Waals surface area contributed by atoms with Crippen molar-refractivity contribution in [3.8, 4) is 11.5 Å². The Labute approximate surface area is 145 Å². The van der Waals surface area contributed by atoms with Gasteiger partial charge in [0.05, 0.1) is 51.3 Å². The van der Waals surface area contributed by atoms with E-state index in [9.17, 15) is 9.59 Å². The van der Waals surface area contributed by atoms with Gasteiger partial charge in [0.15, 0.2) is 17.3 Å². The monoisotopic (exact) mass is 347 g/mol. The molecule has 1 fully saturated rings. The Morgan fingerprint density at radius 3 is 2.48 bits per heavy atom. The molecule has 3 rings (SSSR count). The molecular weight excluding hydrogens is 324 g/mol. The van der Waals surface area contributed by atoms with Crippen LogP contribution in [0.4, 0.5) is 0 Å². The van der Waals surface area contributed by atoms with Gasteiger partial charge in [-0.1, -0.05) is 0 Å². The summed E-state index contributed by atoms with van der Waals surface area (Å²) in [5.41, 5.74) is 0.390. The Balaban J connectivity index is 1.83. The van der Waals surface area contributed by atoms with Gasteiger partial charge >= 0.3 is 0 Å². The summed E-state index contributed by atoms with van der Waals surface area (Å²) in [6.07, 6.45) is 0. The molecule has 8 nitrogen and oxygen atoms in total. The highest BCUT2D eigenvalue weighted by Gasteiger charge is 2.22. The summed E-state index contributed by atoms with van der Waals surface area (Å²) in [6.45, 7) is 5.35. The van der Waals surface area contributed by atoms with E-state index in [1.165, 1.54) is 12.0 Å². The van der Waals surface area contributed by atoms with Crippen molar-refractivity contribution in [1.29, 1.82) is 0 Å². The molecule has 2 heterocycles. The lowest BCUT2D eigenvalue weighted by Gasteiger charge is -2.31. The first kappa shape index (κ1) is 17.2. The number of fused-ring (bicyclic) bond motifs is 1. The Bertz CT molecular complexity index is 840. The van der Waals surface area contributed by atoms with Gasteiger partial charge < -0.3 is 24.3 Å². The van der Waals surface area contributed by atoms with E-state index < -0.39 is 0 Å². The molecule has 1 saturated heterocycles. The third-order valence-corrected chi connectivity index (χ3v) is 4.59. The Morgan fingerprint density at radius 2 is 1.88 bits per heavy atom.